The molecule has 0 amide bonds. The quantitative estimate of drug-likeness (QED) is 0.790. The predicted octanol–water partition coefficient (Wildman–Crippen LogP) is 1.52. The zero-order valence-corrected chi connectivity index (χ0v) is 11.1. The normalized spacial score (nSPS) is 10.9. The average Bonchev–Trinajstić information content (AvgIpc) is 2.91. The first-order valence-electron chi connectivity index (χ1n) is 5.47. The number of nitrogens with one attached hydrogen (secondary N) is 2. The van der Waals surface area contributed by atoms with Gasteiger partial charge in [0.1, 0.15) is 22.5 Å². The van der Waals surface area contributed by atoms with Gasteiger partial charge in [-0.1, -0.05) is 0 Å². The van der Waals surface area contributed by atoms with E-state index in [4.69, 9.17) is 10.4 Å². The largest absolute Gasteiger partial charge is 0.477 e. The van der Waals surface area contributed by atoms with Crippen molar-refractivity contribution in [2.24, 2.45) is 0 Å². The van der Waals surface area contributed by atoms with Crippen molar-refractivity contribution in [1.82, 2.24) is 4.98 Å². The van der Waals surface area contributed by atoms with Crippen molar-refractivity contribution in [2.75, 3.05) is 4.72 Å². The number of nitrogens with zero attached hydrogens (tertiary/aromatic N) is 1. The zero-order valence-electron chi connectivity index (χ0n) is 10.3. The number of benzene rings is 1. The Labute approximate surface area is 118 Å². The molecule has 0 aliphatic heterocycles. The molecular formula is C12H8FN3O4S. The van der Waals surface area contributed by atoms with Gasteiger partial charge in [0.15, 0.2) is 0 Å². The number of hydrogen-bond donors (Lipinski definition) is 3. The number of carboxylic acids is 1. The summed E-state index contributed by atoms with van der Waals surface area (Å²) in [7, 11) is -4.09. The van der Waals surface area contributed by atoms with Crippen LogP contribution >= 0.6 is 0 Å². The molecule has 7 nitrogen and oxygen atoms in total. The lowest BCUT2D eigenvalue weighted by molar-refractivity contribution is 0.0691. The molecule has 9 heteroatoms. The van der Waals surface area contributed by atoms with Gasteiger partial charge in [-0.25, -0.2) is 17.6 Å². The highest BCUT2D eigenvalue weighted by atomic mass is 32.2. The Kier molecular flexibility index (Phi) is 3.64. The SMILES string of the molecule is N#Cc1cc(F)ccc1NS(=O)(=O)c1c[nH]c(C(=O)O)c1. The van der Waals surface area contributed by atoms with Crippen molar-refractivity contribution in [3.63, 3.8) is 0 Å². The maximum Gasteiger partial charge on any atom is 0.352 e. The van der Waals surface area contributed by atoms with E-state index in [1.165, 1.54) is 0 Å². The molecule has 1 aromatic heterocycles. The summed E-state index contributed by atoms with van der Waals surface area (Å²) in [6, 6.07) is 5.59. The molecule has 3 N–H and O–H groups in total. The van der Waals surface area contributed by atoms with E-state index in [1.54, 1.807) is 6.07 Å². The third-order valence-corrected chi connectivity index (χ3v) is 3.89. The van der Waals surface area contributed by atoms with Crippen LogP contribution in [0.4, 0.5) is 10.1 Å². The van der Waals surface area contributed by atoms with Gasteiger partial charge in [0.05, 0.1) is 11.3 Å². The number of nitriles is 1. The summed E-state index contributed by atoms with van der Waals surface area (Å²) in [4.78, 5) is 12.7. The monoisotopic (exact) mass is 309 g/mol. The molecule has 0 fully saturated rings. The molecule has 0 radical (unpaired) electrons. The fraction of sp³-hybridized carbons (Fsp3) is 0. The molecule has 0 unspecified atom stereocenters. The van der Waals surface area contributed by atoms with Gasteiger partial charge >= 0.3 is 5.97 Å². The summed E-state index contributed by atoms with van der Waals surface area (Å²) in [5.74, 6) is -1.99. The Hall–Kier alpha value is -2.86. The Morgan fingerprint density at radius 1 is 1.38 bits per heavy atom. The van der Waals surface area contributed by atoms with Gasteiger partial charge < -0.3 is 10.1 Å². The summed E-state index contributed by atoms with van der Waals surface area (Å²) in [5, 5.41) is 17.6. The molecule has 2 aromatic rings. The average molecular weight is 309 g/mol. The van der Waals surface area contributed by atoms with Crippen molar-refractivity contribution in [3.8, 4) is 6.07 Å². The minimum Gasteiger partial charge on any atom is -0.477 e. The molecule has 1 aromatic carbocycles. The molecule has 1 heterocycles. The lowest BCUT2D eigenvalue weighted by Crippen LogP contribution is -2.13. The first-order valence-corrected chi connectivity index (χ1v) is 6.96. The number of H-pyrrole nitrogens is 1. The fourth-order valence-electron chi connectivity index (χ4n) is 1.55. The summed E-state index contributed by atoms with van der Waals surface area (Å²) in [5.41, 5.74) is -0.584. The maximum absolute atomic E-state index is 13.0. The number of aromatic amines is 1. The van der Waals surface area contributed by atoms with Crippen LogP contribution in [-0.2, 0) is 10.0 Å². The number of carbonyl (C=O) groups is 1. The molecule has 108 valence electrons. The van der Waals surface area contributed by atoms with Crippen LogP contribution in [0.25, 0.3) is 0 Å². The molecule has 0 saturated heterocycles. The zero-order chi connectivity index (χ0) is 15.6. The number of aromatic carboxylic acids is 1. The highest BCUT2D eigenvalue weighted by molar-refractivity contribution is 7.92. The standard InChI is InChI=1S/C12H8FN3O4S/c13-8-1-2-10(7(3-8)5-14)16-21(19,20)9-4-11(12(17)18)15-6-9/h1-4,6,15-16H,(H,17,18). The topological polar surface area (TPSA) is 123 Å². The van der Waals surface area contributed by atoms with Crippen molar-refractivity contribution in [2.45, 2.75) is 4.90 Å². The van der Waals surface area contributed by atoms with Crippen LogP contribution < -0.4 is 4.72 Å². The number of hydrogen-bond acceptors (Lipinski definition) is 4. The lowest BCUT2D eigenvalue weighted by Gasteiger charge is -2.07. The molecule has 0 spiro atoms. The summed E-state index contributed by atoms with van der Waals surface area (Å²) in [6.07, 6.45) is 1.00. The smallest absolute Gasteiger partial charge is 0.352 e. The van der Waals surface area contributed by atoms with E-state index >= 15 is 0 Å². The number of carboxylic acid groups (broad SMARTS) is 1. The van der Waals surface area contributed by atoms with Crippen molar-refractivity contribution >= 4 is 21.7 Å². The summed E-state index contributed by atoms with van der Waals surface area (Å²) in [6.45, 7) is 0. The van der Waals surface area contributed by atoms with Crippen LogP contribution in [-0.4, -0.2) is 24.5 Å². The molecular weight excluding hydrogens is 301 g/mol. The van der Waals surface area contributed by atoms with Crippen LogP contribution in [0.2, 0.25) is 0 Å². The van der Waals surface area contributed by atoms with Crippen molar-refractivity contribution in [1.29, 1.82) is 5.26 Å². The second kappa shape index (κ2) is 5.26. The van der Waals surface area contributed by atoms with Crippen LogP contribution in [0.1, 0.15) is 16.1 Å². The second-order valence-corrected chi connectivity index (χ2v) is 5.64. The number of anilines is 1. The highest BCUT2D eigenvalue weighted by Crippen LogP contribution is 2.21. The second-order valence-electron chi connectivity index (χ2n) is 3.96. The Balaban J connectivity index is 2.37. The lowest BCUT2D eigenvalue weighted by atomic mass is 10.2. The van der Waals surface area contributed by atoms with Gasteiger partial charge in [-0.15, -0.1) is 0 Å². The van der Waals surface area contributed by atoms with E-state index in [0.29, 0.717) is 0 Å². The van der Waals surface area contributed by atoms with Crippen LogP contribution in [0.5, 0.6) is 0 Å². The molecule has 21 heavy (non-hydrogen) atoms. The third kappa shape index (κ3) is 3.01. The van der Waals surface area contributed by atoms with E-state index in [-0.39, 0.29) is 21.8 Å². The van der Waals surface area contributed by atoms with Gasteiger partial charge in [-0.3, -0.25) is 4.72 Å². The number of aromatic nitrogens is 1. The number of sulfonamides is 1. The van der Waals surface area contributed by atoms with E-state index in [0.717, 1.165) is 30.5 Å². The first-order chi connectivity index (χ1) is 9.83. The Morgan fingerprint density at radius 3 is 2.67 bits per heavy atom. The van der Waals surface area contributed by atoms with E-state index in [9.17, 15) is 17.6 Å². The van der Waals surface area contributed by atoms with Gasteiger partial charge in [0.2, 0.25) is 0 Å². The fourth-order valence-corrected chi connectivity index (χ4v) is 2.63. The van der Waals surface area contributed by atoms with Crippen LogP contribution in [0.3, 0.4) is 0 Å². The predicted molar refractivity (Wildman–Crippen MR) is 69.7 cm³/mol. The van der Waals surface area contributed by atoms with Crippen LogP contribution in [0, 0.1) is 17.1 Å². The van der Waals surface area contributed by atoms with Gasteiger partial charge in [-0.05, 0) is 24.3 Å². The van der Waals surface area contributed by atoms with Crippen LogP contribution in [0.15, 0.2) is 35.4 Å². The van der Waals surface area contributed by atoms with Crippen molar-refractivity contribution in [3.05, 3.63) is 47.5 Å². The van der Waals surface area contributed by atoms with Gasteiger partial charge in [0, 0.05) is 6.20 Å². The van der Waals surface area contributed by atoms with Gasteiger partial charge in [-0.2, -0.15) is 5.26 Å². The molecule has 0 aliphatic carbocycles. The Bertz CT molecular complexity index is 852. The molecule has 0 saturated carbocycles. The summed E-state index contributed by atoms with van der Waals surface area (Å²) >= 11 is 0. The molecule has 0 atom stereocenters. The molecule has 2 rings (SSSR count). The van der Waals surface area contributed by atoms with E-state index in [1.807, 2.05) is 0 Å². The number of rotatable bonds is 4. The third-order valence-electron chi connectivity index (χ3n) is 2.54. The van der Waals surface area contributed by atoms with Gasteiger partial charge in [0.25, 0.3) is 10.0 Å². The molecule has 0 bridgehead atoms. The van der Waals surface area contributed by atoms with E-state index < -0.39 is 21.8 Å². The Morgan fingerprint density at radius 2 is 2.10 bits per heavy atom. The van der Waals surface area contributed by atoms with E-state index in [2.05, 4.69) is 9.71 Å². The number of halogens is 1. The minimum atomic E-state index is -4.09. The summed E-state index contributed by atoms with van der Waals surface area (Å²) < 4.78 is 39.2. The van der Waals surface area contributed by atoms with Crippen molar-refractivity contribution < 1.29 is 22.7 Å². The first kappa shape index (κ1) is 14.5. The minimum absolute atomic E-state index is 0.100. The highest BCUT2D eigenvalue weighted by Gasteiger charge is 2.19. The maximum atomic E-state index is 13.0. The molecule has 0 aliphatic rings.